The molecular weight excluding hydrogens is 558 g/mol. The summed E-state index contributed by atoms with van der Waals surface area (Å²) in [6.45, 7) is 0. The van der Waals surface area contributed by atoms with Crippen LogP contribution in [0.4, 0.5) is 0 Å². The molecule has 0 N–H and O–H groups in total. The summed E-state index contributed by atoms with van der Waals surface area (Å²) in [7, 11) is 0. The van der Waals surface area contributed by atoms with Gasteiger partial charge in [-0.15, -0.1) is 0 Å². The molecule has 0 spiro atoms. The minimum Gasteiger partial charge on any atom is -0.309 e. The predicted octanol–water partition coefficient (Wildman–Crippen LogP) is 11.2. The molecule has 0 aliphatic carbocycles. The van der Waals surface area contributed by atoms with E-state index >= 15 is 0 Å². The molecule has 0 radical (unpaired) electrons. The Morgan fingerprint density at radius 1 is 0.391 bits per heavy atom. The smallest absolute Gasteiger partial charge is 0.0549 e. The summed E-state index contributed by atoms with van der Waals surface area (Å²) in [6.07, 6.45) is 3.91. The molecule has 3 heterocycles. The van der Waals surface area contributed by atoms with Gasteiger partial charge in [-0.25, -0.2) is 0 Å². The molecular formula is C43H27N3. The average Bonchev–Trinajstić information content (AvgIpc) is 3.62. The van der Waals surface area contributed by atoms with Crippen LogP contribution in [0.2, 0.25) is 0 Å². The lowest BCUT2D eigenvalue weighted by atomic mass is 9.98. The zero-order valence-corrected chi connectivity index (χ0v) is 24.9. The Kier molecular flexibility index (Phi) is 5.28. The van der Waals surface area contributed by atoms with Gasteiger partial charge in [-0.2, -0.15) is 0 Å². The van der Waals surface area contributed by atoms with E-state index < -0.39 is 0 Å². The predicted molar refractivity (Wildman–Crippen MR) is 193 cm³/mol. The molecule has 46 heavy (non-hydrogen) atoms. The van der Waals surface area contributed by atoms with E-state index in [2.05, 4.69) is 166 Å². The SMILES string of the molecule is c1ccc(-c2ccc(-n3c4ccccc4c4cc5c(cc43)c3ccccc3n5-c3ccc4ccccc4c3)c3ccncc23)cc1. The Balaban J connectivity index is 1.31. The number of pyridine rings is 1. The second-order valence-corrected chi connectivity index (χ2v) is 12.0. The van der Waals surface area contributed by atoms with Crippen LogP contribution in [0.15, 0.2) is 164 Å². The lowest BCUT2D eigenvalue weighted by molar-refractivity contribution is 1.18. The Morgan fingerprint density at radius 3 is 1.83 bits per heavy atom. The molecule has 0 amide bonds. The third kappa shape index (κ3) is 3.57. The van der Waals surface area contributed by atoms with Crippen LogP contribution in [0, 0.1) is 0 Å². The Bertz CT molecular complexity index is 2800. The van der Waals surface area contributed by atoms with Crippen molar-refractivity contribution in [3.8, 4) is 22.5 Å². The third-order valence-corrected chi connectivity index (χ3v) is 9.58. The molecule has 0 aliphatic rings. The molecule has 10 aromatic rings. The Labute approximate surface area is 265 Å². The molecule has 0 unspecified atom stereocenters. The normalized spacial score (nSPS) is 11.9. The molecule has 0 saturated heterocycles. The zero-order chi connectivity index (χ0) is 30.2. The summed E-state index contributed by atoms with van der Waals surface area (Å²) in [5.74, 6) is 0. The Hall–Kier alpha value is -6.19. The molecule has 0 bridgehead atoms. The number of fused-ring (bicyclic) bond motifs is 8. The van der Waals surface area contributed by atoms with Gasteiger partial charge in [0.05, 0.1) is 27.8 Å². The number of benzene rings is 7. The van der Waals surface area contributed by atoms with Crippen LogP contribution in [-0.4, -0.2) is 14.1 Å². The molecule has 0 fully saturated rings. The van der Waals surface area contributed by atoms with Gasteiger partial charge >= 0.3 is 0 Å². The fraction of sp³-hybridized carbons (Fsp3) is 0. The summed E-state index contributed by atoms with van der Waals surface area (Å²) < 4.78 is 4.88. The number of rotatable bonds is 3. The first-order valence-corrected chi connectivity index (χ1v) is 15.7. The first kappa shape index (κ1) is 25.2. The molecule has 3 heteroatoms. The number of hydrogen-bond acceptors (Lipinski definition) is 1. The van der Waals surface area contributed by atoms with Crippen LogP contribution >= 0.6 is 0 Å². The maximum absolute atomic E-state index is 4.56. The van der Waals surface area contributed by atoms with Gasteiger partial charge in [0.1, 0.15) is 0 Å². The third-order valence-electron chi connectivity index (χ3n) is 9.58. The van der Waals surface area contributed by atoms with E-state index in [4.69, 9.17) is 0 Å². The second kappa shape index (κ2) is 9.65. The van der Waals surface area contributed by atoms with E-state index in [-0.39, 0.29) is 0 Å². The van der Waals surface area contributed by atoms with Gasteiger partial charge in [0.2, 0.25) is 0 Å². The van der Waals surface area contributed by atoms with E-state index in [1.54, 1.807) is 0 Å². The standard InChI is InChI=1S/C43H27N3/c1-2-11-29(12-3-1)32-20-21-41(35-22-23-44-27-38(32)35)46-40-17-9-7-15-34(40)37-25-42-36(26-43(37)46)33-14-6-8-16-39(33)45(42)31-19-18-28-10-4-5-13-30(28)24-31/h1-27H. The maximum atomic E-state index is 4.56. The highest BCUT2D eigenvalue weighted by Crippen LogP contribution is 2.41. The molecule has 3 aromatic heterocycles. The summed E-state index contributed by atoms with van der Waals surface area (Å²) in [6, 6.07) is 55.0. The summed E-state index contributed by atoms with van der Waals surface area (Å²) >= 11 is 0. The number of hydrogen-bond donors (Lipinski definition) is 0. The minimum absolute atomic E-state index is 1.14. The number of para-hydroxylation sites is 2. The highest BCUT2D eigenvalue weighted by atomic mass is 15.0. The lowest BCUT2D eigenvalue weighted by Crippen LogP contribution is -1.97. The molecule has 7 aromatic carbocycles. The van der Waals surface area contributed by atoms with E-state index in [1.807, 2.05) is 12.4 Å². The van der Waals surface area contributed by atoms with Gasteiger partial charge in [-0.3, -0.25) is 4.98 Å². The van der Waals surface area contributed by atoms with Gasteiger partial charge in [-0.05, 0) is 70.4 Å². The lowest BCUT2D eigenvalue weighted by Gasteiger charge is -2.14. The molecule has 10 rings (SSSR count). The monoisotopic (exact) mass is 585 g/mol. The number of nitrogens with zero attached hydrogens (tertiary/aromatic N) is 3. The van der Waals surface area contributed by atoms with Crippen LogP contribution in [0.5, 0.6) is 0 Å². The van der Waals surface area contributed by atoms with Crippen molar-refractivity contribution in [3.63, 3.8) is 0 Å². The van der Waals surface area contributed by atoms with E-state index in [0.29, 0.717) is 0 Å². The summed E-state index contributed by atoms with van der Waals surface area (Å²) in [4.78, 5) is 4.56. The average molecular weight is 586 g/mol. The van der Waals surface area contributed by atoms with Crippen LogP contribution < -0.4 is 0 Å². The van der Waals surface area contributed by atoms with Crippen molar-refractivity contribution >= 4 is 65.2 Å². The maximum Gasteiger partial charge on any atom is 0.0549 e. The second-order valence-electron chi connectivity index (χ2n) is 12.0. The summed E-state index contributed by atoms with van der Waals surface area (Å²) in [5.41, 5.74) is 9.51. The van der Waals surface area contributed by atoms with Crippen LogP contribution in [-0.2, 0) is 0 Å². The van der Waals surface area contributed by atoms with Crippen LogP contribution in [0.3, 0.4) is 0 Å². The van der Waals surface area contributed by atoms with E-state index in [1.165, 1.54) is 76.6 Å². The summed E-state index contributed by atoms with van der Waals surface area (Å²) in [5, 5.41) is 9.78. The molecule has 3 nitrogen and oxygen atoms in total. The van der Waals surface area contributed by atoms with Crippen molar-refractivity contribution in [1.29, 1.82) is 0 Å². The van der Waals surface area contributed by atoms with E-state index in [0.717, 1.165) is 11.1 Å². The first-order chi connectivity index (χ1) is 22.8. The minimum atomic E-state index is 1.14. The molecule has 0 saturated carbocycles. The van der Waals surface area contributed by atoms with Crippen LogP contribution in [0.1, 0.15) is 0 Å². The zero-order valence-electron chi connectivity index (χ0n) is 24.9. The molecule has 0 aliphatic heterocycles. The van der Waals surface area contributed by atoms with Crippen LogP contribution in [0.25, 0.3) is 87.7 Å². The van der Waals surface area contributed by atoms with Crippen molar-refractivity contribution in [1.82, 2.24) is 14.1 Å². The number of aromatic nitrogens is 3. The highest BCUT2D eigenvalue weighted by molar-refractivity contribution is 6.19. The molecule has 214 valence electrons. The topological polar surface area (TPSA) is 22.8 Å². The van der Waals surface area contributed by atoms with Gasteiger partial charge in [0, 0.05) is 50.4 Å². The largest absolute Gasteiger partial charge is 0.309 e. The van der Waals surface area contributed by atoms with Crippen molar-refractivity contribution < 1.29 is 0 Å². The van der Waals surface area contributed by atoms with E-state index in [9.17, 15) is 0 Å². The molecule has 0 atom stereocenters. The first-order valence-electron chi connectivity index (χ1n) is 15.7. The quantitative estimate of drug-likeness (QED) is 0.202. The van der Waals surface area contributed by atoms with Gasteiger partial charge in [-0.1, -0.05) is 103 Å². The van der Waals surface area contributed by atoms with Crippen molar-refractivity contribution in [3.05, 3.63) is 164 Å². The van der Waals surface area contributed by atoms with Gasteiger partial charge in [0.25, 0.3) is 0 Å². The van der Waals surface area contributed by atoms with Gasteiger partial charge < -0.3 is 9.13 Å². The fourth-order valence-corrected chi connectivity index (χ4v) is 7.52. The Morgan fingerprint density at radius 2 is 1.04 bits per heavy atom. The van der Waals surface area contributed by atoms with Crippen molar-refractivity contribution in [2.24, 2.45) is 0 Å². The van der Waals surface area contributed by atoms with Crippen molar-refractivity contribution in [2.75, 3.05) is 0 Å². The van der Waals surface area contributed by atoms with Crippen molar-refractivity contribution in [2.45, 2.75) is 0 Å². The van der Waals surface area contributed by atoms with Gasteiger partial charge in [0.15, 0.2) is 0 Å². The fourth-order valence-electron chi connectivity index (χ4n) is 7.52. The highest BCUT2D eigenvalue weighted by Gasteiger charge is 2.20.